The maximum Gasteiger partial charge on any atom is 0.310 e. The Kier molecular flexibility index (Phi) is 2.78. The second kappa shape index (κ2) is 4.34. The first-order valence-electron chi connectivity index (χ1n) is 5.97. The van der Waals surface area contributed by atoms with Crippen molar-refractivity contribution in [3.05, 3.63) is 23.0 Å². The average molecular weight is 279 g/mol. The van der Waals surface area contributed by atoms with Gasteiger partial charge in [0.25, 0.3) is 0 Å². The van der Waals surface area contributed by atoms with Gasteiger partial charge in [0.15, 0.2) is 4.96 Å². The van der Waals surface area contributed by atoms with E-state index in [9.17, 15) is 9.59 Å². The summed E-state index contributed by atoms with van der Waals surface area (Å²) in [4.78, 5) is 29.5. The number of amides is 1. The molecule has 7 heteroatoms. The number of hydrogen-bond donors (Lipinski definition) is 1. The second-order valence-electron chi connectivity index (χ2n) is 4.77. The molecule has 0 aromatic carbocycles. The highest BCUT2D eigenvalue weighted by Gasteiger charge is 2.35. The van der Waals surface area contributed by atoms with E-state index in [4.69, 9.17) is 5.11 Å². The largest absolute Gasteiger partial charge is 0.481 e. The molecular weight excluding hydrogens is 266 g/mol. The smallest absolute Gasteiger partial charge is 0.310 e. The highest BCUT2D eigenvalue weighted by Crippen LogP contribution is 2.20. The SMILES string of the molecule is Cc1cn2c(CC(=O)N3CC(C(=O)O)C3)csc2n1. The van der Waals surface area contributed by atoms with Gasteiger partial charge in [-0.05, 0) is 6.92 Å². The molecule has 1 aliphatic heterocycles. The molecule has 1 saturated heterocycles. The molecule has 2 aromatic rings. The fraction of sp³-hybridized carbons (Fsp3) is 0.417. The van der Waals surface area contributed by atoms with Crippen molar-refractivity contribution in [1.29, 1.82) is 0 Å². The van der Waals surface area contributed by atoms with Gasteiger partial charge >= 0.3 is 5.97 Å². The third kappa shape index (κ3) is 2.10. The van der Waals surface area contributed by atoms with Gasteiger partial charge in [-0.2, -0.15) is 0 Å². The number of aromatic nitrogens is 2. The van der Waals surface area contributed by atoms with Gasteiger partial charge in [-0.3, -0.25) is 14.0 Å². The van der Waals surface area contributed by atoms with E-state index in [-0.39, 0.29) is 5.91 Å². The van der Waals surface area contributed by atoms with Crippen LogP contribution in [0, 0.1) is 12.8 Å². The molecule has 6 nitrogen and oxygen atoms in total. The van der Waals surface area contributed by atoms with Gasteiger partial charge in [0, 0.05) is 30.4 Å². The molecule has 1 fully saturated rings. The van der Waals surface area contributed by atoms with E-state index in [0.717, 1.165) is 16.3 Å². The number of carboxylic acid groups (broad SMARTS) is 1. The number of carbonyl (C=O) groups is 2. The van der Waals surface area contributed by atoms with Crippen LogP contribution >= 0.6 is 11.3 Å². The highest BCUT2D eigenvalue weighted by molar-refractivity contribution is 7.15. The summed E-state index contributed by atoms with van der Waals surface area (Å²) in [6.07, 6.45) is 2.20. The van der Waals surface area contributed by atoms with Crippen molar-refractivity contribution in [3.63, 3.8) is 0 Å². The first-order valence-corrected chi connectivity index (χ1v) is 6.85. The molecule has 0 unspecified atom stereocenters. The molecule has 0 spiro atoms. The Labute approximate surface area is 113 Å². The Morgan fingerprint density at radius 2 is 2.26 bits per heavy atom. The monoisotopic (exact) mass is 279 g/mol. The molecule has 100 valence electrons. The summed E-state index contributed by atoms with van der Waals surface area (Å²) < 4.78 is 1.92. The maximum atomic E-state index is 12.0. The summed E-state index contributed by atoms with van der Waals surface area (Å²) in [7, 11) is 0. The van der Waals surface area contributed by atoms with E-state index in [1.54, 1.807) is 4.90 Å². The molecule has 1 aliphatic rings. The lowest BCUT2D eigenvalue weighted by molar-refractivity contribution is -0.152. The van der Waals surface area contributed by atoms with Gasteiger partial charge < -0.3 is 10.0 Å². The first kappa shape index (κ1) is 12.2. The number of likely N-dealkylation sites (tertiary alicyclic amines) is 1. The number of aryl methyl sites for hydroxylation is 1. The molecule has 2 aromatic heterocycles. The normalized spacial score (nSPS) is 15.7. The van der Waals surface area contributed by atoms with Crippen molar-refractivity contribution in [1.82, 2.24) is 14.3 Å². The first-order chi connectivity index (χ1) is 9.04. The predicted molar refractivity (Wildman–Crippen MR) is 69.2 cm³/mol. The Bertz CT molecular complexity index is 654. The van der Waals surface area contributed by atoms with Crippen LogP contribution < -0.4 is 0 Å². The molecule has 3 heterocycles. The van der Waals surface area contributed by atoms with Crippen LogP contribution in [-0.2, 0) is 16.0 Å². The summed E-state index contributed by atoms with van der Waals surface area (Å²) in [5.41, 5.74) is 1.83. The van der Waals surface area contributed by atoms with Gasteiger partial charge in [-0.25, -0.2) is 4.98 Å². The predicted octanol–water partition coefficient (Wildman–Crippen LogP) is 0.790. The van der Waals surface area contributed by atoms with Gasteiger partial charge in [0.2, 0.25) is 5.91 Å². The number of aliphatic carboxylic acids is 1. The van der Waals surface area contributed by atoms with Crippen LogP contribution in [0.3, 0.4) is 0 Å². The zero-order valence-electron chi connectivity index (χ0n) is 10.4. The number of rotatable bonds is 3. The lowest BCUT2D eigenvalue weighted by Gasteiger charge is -2.36. The van der Waals surface area contributed by atoms with Crippen LogP contribution in [0.25, 0.3) is 4.96 Å². The van der Waals surface area contributed by atoms with Crippen LogP contribution in [0.1, 0.15) is 11.4 Å². The number of fused-ring (bicyclic) bond motifs is 1. The Morgan fingerprint density at radius 1 is 1.53 bits per heavy atom. The van der Waals surface area contributed by atoms with E-state index in [1.807, 2.05) is 22.9 Å². The molecule has 1 amide bonds. The second-order valence-corrected chi connectivity index (χ2v) is 5.61. The van der Waals surface area contributed by atoms with Gasteiger partial charge in [-0.15, -0.1) is 11.3 Å². The molecular formula is C12H13N3O3S. The quantitative estimate of drug-likeness (QED) is 0.901. The minimum absolute atomic E-state index is 0.0245. The van der Waals surface area contributed by atoms with Crippen LogP contribution in [-0.4, -0.2) is 44.4 Å². The Balaban J connectivity index is 1.68. The van der Waals surface area contributed by atoms with E-state index in [0.29, 0.717) is 19.5 Å². The number of thiazole rings is 1. The number of imidazole rings is 1. The zero-order valence-corrected chi connectivity index (χ0v) is 11.2. The average Bonchev–Trinajstić information content (AvgIpc) is 2.76. The van der Waals surface area contributed by atoms with Gasteiger partial charge in [-0.1, -0.05) is 0 Å². The zero-order chi connectivity index (χ0) is 13.6. The molecule has 0 saturated carbocycles. The standard InChI is InChI=1S/C12H13N3O3S/c1-7-3-15-9(6-19-12(15)13-7)2-10(16)14-4-8(5-14)11(17)18/h3,6,8H,2,4-5H2,1H3,(H,17,18). The number of hydrogen-bond acceptors (Lipinski definition) is 4. The van der Waals surface area contributed by atoms with Crippen LogP contribution in [0.4, 0.5) is 0 Å². The summed E-state index contributed by atoms with van der Waals surface area (Å²) in [5.74, 6) is -1.25. The topological polar surface area (TPSA) is 74.9 Å². The summed E-state index contributed by atoms with van der Waals surface area (Å²) in [6, 6.07) is 0. The van der Waals surface area contributed by atoms with Crippen molar-refractivity contribution >= 4 is 28.2 Å². The van der Waals surface area contributed by atoms with E-state index in [2.05, 4.69) is 4.98 Å². The summed E-state index contributed by atoms with van der Waals surface area (Å²) in [6.45, 7) is 2.56. The minimum Gasteiger partial charge on any atom is -0.481 e. The molecule has 0 aliphatic carbocycles. The molecule has 0 atom stereocenters. The van der Waals surface area contributed by atoms with Crippen molar-refractivity contribution in [2.24, 2.45) is 5.92 Å². The minimum atomic E-state index is -0.827. The molecule has 1 N–H and O–H groups in total. The number of carbonyl (C=O) groups excluding carboxylic acids is 1. The van der Waals surface area contributed by atoms with Crippen LogP contribution in [0.2, 0.25) is 0 Å². The third-order valence-corrected chi connectivity index (χ3v) is 4.21. The fourth-order valence-corrected chi connectivity index (χ4v) is 3.09. The van der Waals surface area contributed by atoms with Gasteiger partial charge in [0.1, 0.15) is 0 Å². The molecule has 0 radical (unpaired) electrons. The number of carboxylic acids is 1. The third-order valence-electron chi connectivity index (χ3n) is 3.32. The van der Waals surface area contributed by atoms with Crippen LogP contribution in [0.5, 0.6) is 0 Å². The summed E-state index contributed by atoms with van der Waals surface area (Å²) >= 11 is 1.51. The Hall–Kier alpha value is -1.89. The maximum absolute atomic E-state index is 12.0. The van der Waals surface area contributed by atoms with Crippen molar-refractivity contribution in [3.8, 4) is 0 Å². The van der Waals surface area contributed by atoms with E-state index in [1.165, 1.54) is 11.3 Å². The summed E-state index contributed by atoms with van der Waals surface area (Å²) in [5, 5.41) is 10.7. The van der Waals surface area contributed by atoms with Crippen molar-refractivity contribution in [2.75, 3.05) is 13.1 Å². The number of nitrogens with zero attached hydrogens (tertiary/aromatic N) is 3. The molecule has 3 rings (SSSR count). The molecule has 0 bridgehead atoms. The highest BCUT2D eigenvalue weighted by atomic mass is 32.1. The molecule has 19 heavy (non-hydrogen) atoms. The lowest BCUT2D eigenvalue weighted by Crippen LogP contribution is -2.53. The van der Waals surface area contributed by atoms with Crippen molar-refractivity contribution in [2.45, 2.75) is 13.3 Å². The van der Waals surface area contributed by atoms with E-state index >= 15 is 0 Å². The lowest BCUT2D eigenvalue weighted by atomic mass is 10.00. The van der Waals surface area contributed by atoms with Crippen LogP contribution in [0.15, 0.2) is 11.6 Å². The van der Waals surface area contributed by atoms with E-state index < -0.39 is 11.9 Å². The van der Waals surface area contributed by atoms with Gasteiger partial charge in [0.05, 0.1) is 18.0 Å². The fourth-order valence-electron chi connectivity index (χ4n) is 2.17. The van der Waals surface area contributed by atoms with Crippen molar-refractivity contribution < 1.29 is 14.7 Å². The Morgan fingerprint density at radius 3 is 2.95 bits per heavy atom.